The molecule has 1 heterocycles. The average molecular weight is 308 g/mol. The second-order valence-electron chi connectivity index (χ2n) is 5.44. The van der Waals surface area contributed by atoms with E-state index < -0.39 is 15.1 Å². The van der Waals surface area contributed by atoms with Crippen LogP contribution in [0.2, 0.25) is 0 Å². The van der Waals surface area contributed by atoms with E-state index in [0.29, 0.717) is 10.8 Å². The highest BCUT2D eigenvalue weighted by Crippen LogP contribution is 2.33. The fraction of sp³-hybridized carbons (Fsp3) is 0.375. The van der Waals surface area contributed by atoms with Gasteiger partial charge in [-0.3, -0.25) is 0 Å². The van der Waals surface area contributed by atoms with Crippen LogP contribution >= 0.6 is 11.3 Å². The van der Waals surface area contributed by atoms with Crippen molar-refractivity contribution in [2.75, 3.05) is 0 Å². The number of rotatable bonds is 4. The van der Waals surface area contributed by atoms with Crippen LogP contribution in [0.15, 0.2) is 40.6 Å². The van der Waals surface area contributed by atoms with E-state index in [1.165, 1.54) is 4.88 Å². The third kappa shape index (κ3) is 2.96. The number of thiophene rings is 1. The van der Waals surface area contributed by atoms with Crippen LogP contribution in [-0.4, -0.2) is 8.42 Å². The zero-order valence-corrected chi connectivity index (χ0v) is 13.9. The summed E-state index contributed by atoms with van der Waals surface area (Å²) >= 11 is 1.64. The van der Waals surface area contributed by atoms with Crippen LogP contribution in [-0.2, 0) is 9.84 Å². The molecule has 2 aromatic rings. The van der Waals surface area contributed by atoms with E-state index in [1.54, 1.807) is 30.4 Å². The quantitative estimate of drug-likeness (QED) is 0.819. The Kier molecular flexibility index (Phi) is 4.35. The lowest BCUT2D eigenvalue weighted by Gasteiger charge is -2.12. The first-order chi connectivity index (χ1) is 9.32. The Morgan fingerprint density at radius 2 is 1.65 bits per heavy atom. The van der Waals surface area contributed by atoms with Gasteiger partial charge in [0, 0.05) is 4.88 Å². The summed E-state index contributed by atoms with van der Waals surface area (Å²) in [6.45, 7) is 7.96. The molecule has 20 heavy (non-hydrogen) atoms. The molecule has 0 saturated heterocycles. The predicted octanol–water partition coefficient (Wildman–Crippen LogP) is 4.71. The molecule has 2 rings (SSSR count). The van der Waals surface area contributed by atoms with Crippen molar-refractivity contribution in [3.05, 3.63) is 51.7 Å². The number of aryl methyl sites for hydroxylation is 1. The smallest absolute Gasteiger partial charge is 0.185 e. The van der Waals surface area contributed by atoms with E-state index in [4.69, 9.17) is 0 Å². The van der Waals surface area contributed by atoms with Gasteiger partial charge in [0.1, 0.15) is 0 Å². The fourth-order valence-electron chi connectivity index (χ4n) is 2.00. The summed E-state index contributed by atoms with van der Waals surface area (Å²) in [6, 6.07) is 9.08. The van der Waals surface area contributed by atoms with Gasteiger partial charge in [-0.1, -0.05) is 31.5 Å². The predicted molar refractivity (Wildman–Crippen MR) is 85.2 cm³/mol. The van der Waals surface area contributed by atoms with Crippen molar-refractivity contribution in [1.29, 1.82) is 0 Å². The van der Waals surface area contributed by atoms with E-state index in [0.717, 1.165) is 11.1 Å². The van der Waals surface area contributed by atoms with Gasteiger partial charge in [-0.25, -0.2) is 8.42 Å². The summed E-state index contributed by atoms with van der Waals surface area (Å²) in [6.07, 6.45) is 0. The Labute approximate surface area is 125 Å². The molecular formula is C16H20O2S2. The van der Waals surface area contributed by atoms with Crippen LogP contribution in [0.25, 0.3) is 0 Å². The summed E-state index contributed by atoms with van der Waals surface area (Å²) < 4.78 is 25.3. The standard InChI is InChI=1S/C16H20O2S2/c1-11(2)16-9-14(10-19-16)13(4)20(17,18)15-7-5-12(3)6-8-15/h5-11,13H,1-4H3/t13-/m1/s1. The summed E-state index contributed by atoms with van der Waals surface area (Å²) in [5.41, 5.74) is 1.95. The minimum atomic E-state index is -3.31. The zero-order valence-electron chi connectivity index (χ0n) is 12.3. The molecule has 0 radical (unpaired) electrons. The largest absolute Gasteiger partial charge is 0.223 e. The van der Waals surface area contributed by atoms with Crippen LogP contribution in [0.1, 0.15) is 47.9 Å². The molecule has 4 heteroatoms. The van der Waals surface area contributed by atoms with Gasteiger partial charge < -0.3 is 0 Å². The van der Waals surface area contributed by atoms with Gasteiger partial charge in [-0.15, -0.1) is 11.3 Å². The Morgan fingerprint density at radius 1 is 1.05 bits per heavy atom. The maximum Gasteiger partial charge on any atom is 0.185 e. The van der Waals surface area contributed by atoms with Crippen LogP contribution < -0.4 is 0 Å². The van der Waals surface area contributed by atoms with Crippen molar-refractivity contribution in [3.8, 4) is 0 Å². The molecular weight excluding hydrogens is 288 g/mol. The molecule has 0 spiro atoms. The maximum atomic E-state index is 12.6. The molecule has 0 saturated carbocycles. The van der Waals surface area contributed by atoms with Gasteiger partial charge in [-0.2, -0.15) is 0 Å². The van der Waals surface area contributed by atoms with E-state index in [2.05, 4.69) is 13.8 Å². The Bertz CT molecular complexity index is 680. The lowest BCUT2D eigenvalue weighted by atomic mass is 10.1. The molecule has 108 valence electrons. The SMILES string of the molecule is Cc1ccc(S(=O)(=O)[C@H](C)c2csc(C(C)C)c2)cc1. The highest BCUT2D eigenvalue weighted by molar-refractivity contribution is 7.91. The molecule has 2 nitrogen and oxygen atoms in total. The van der Waals surface area contributed by atoms with E-state index >= 15 is 0 Å². The van der Waals surface area contributed by atoms with Crippen molar-refractivity contribution in [3.63, 3.8) is 0 Å². The van der Waals surface area contributed by atoms with Crippen molar-refractivity contribution in [2.45, 2.75) is 43.8 Å². The maximum absolute atomic E-state index is 12.6. The molecule has 0 unspecified atom stereocenters. The van der Waals surface area contributed by atoms with Gasteiger partial charge in [0.05, 0.1) is 10.1 Å². The number of benzene rings is 1. The van der Waals surface area contributed by atoms with E-state index in [1.807, 2.05) is 30.5 Å². The van der Waals surface area contributed by atoms with Crippen molar-refractivity contribution >= 4 is 21.2 Å². The first-order valence-electron chi connectivity index (χ1n) is 6.71. The second kappa shape index (κ2) is 5.70. The average Bonchev–Trinajstić information content (AvgIpc) is 2.88. The lowest BCUT2D eigenvalue weighted by molar-refractivity contribution is 0.586. The summed E-state index contributed by atoms with van der Waals surface area (Å²) in [7, 11) is -3.31. The third-order valence-electron chi connectivity index (χ3n) is 3.49. The van der Waals surface area contributed by atoms with Gasteiger partial charge in [0.2, 0.25) is 0 Å². The monoisotopic (exact) mass is 308 g/mol. The molecule has 0 bridgehead atoms. The Hall–Kier alpha value is -1.13. The van der Waals surface area contributed by atoms with Crippen molar-refractivity contribution in [2.24, 2.45) is 0 Å². The summed E-state index contributed by atoms with van der Waals surface area (Å²) in [4.78, 5) is 1.62. The minimum absolute atomic E-state index is 0.396. The number of sulfone groups is 1. The lowest BCUT2D eigenvalue weighted by Crippen LogP contribution is -2.10. The van der Waals surface area contributed by atoms with Crippen LogP contribution in [0.5, 0.6) is 0 Å². The molecule has 0 fully saturated rings. The molecule has 1 aromatic heterocycles. The minimum Gasteiger partial charge on any atom is -0.223 e. The first-order valence-corrected chi connectivity index (χ1v) is 9.14. The summed E-state index contributed by atoms with van der Waals surface area (Å²) in [5.74, 6) is 0.433. The summed E-state index contributed by atoms with van der Waals surface area (Å²) in [5, 5.41) is 1.46. The van der Waals surface area contributed by atoms with Gasteiger partial charge in [0.25, 0.3) is 0 Å². The van der Waals surface area contributed by atoms with Crippen LogP contribution in [0, 0.1) is 6.92 Å². The molecule has 0 N–H and O–H groups in total. The van der Waals surface area contributed by atoms with E-state index in [-0.39, 0.29) is 0 Å². The number of hydrogen-bond donors (Lipinski definition) is 0. The fourth-order valence-corrected chi connectivity index (χ4v) is 4.52. The second-order valence-corrected chi connectivity index (χ2v) is 8.65. The van der Waals surface area contributed by atoms with Gasteiger partial charge in [0.15, 0.2) is 9.84 Å². The van der Waals surface area contributed by atoms with Gasteiger partial charge >= 0.3 is 0 Å². The van der Waals surface area contributed by atoms with Crippen LogP contribution in [0.3, 0.4) is 0 Å². The van der Waals surface area contributed by atoms with Gasteiger partial charge in [-0.05, 0) is 48.9 Å². The topological polar surface area (TPSA) is 34.1 Å². The van der Waals surface area contributed by atoms with Crippen molar-refractivity contribution < 1.29 is 8.42 Å². The molecule has 1 aromatic carbocycles. The highest BCUT2D eigenvalue weighted by Gasteiger charge is 2.25. The zero-order chi connectivity index (χ0) is 14.9. The van der Waals surface area contributed by atoms with Crippen LogP contribution in [0.4, 0.5) is 0 Å². The number of hydrogen-bond acceptors (Lipinski definition) is 3. The highest BCUT2D eigenvalue weighted by atomic mass is 32.2. The molecule has 1 atom stereocenters. The molecule has 0 aliphatic heterocycles. The third-order valence-corrected chi connectivity index (χ3v) is 6.88. The molecule has 0 aliphatic rings. The first kappa shape index (κ1) is 15.3. The molecule has 0 amide bonds. The Morgan fingerprint density at radius 3 is 2.15 bits per heavy atom. The Balaban J connectivity index is 2.35. The normalized spacial score (nSPS) is 13.7. The van der Waals surface area contributed by atoms with E-state index in [9.17, 15) is 8.42 Å². The van der Waals surface area contributed by atoms with Crippen molar-refractivity contribution in [1.82, 2.24) is 0 Å². The molecule has 0 aliphatic carbocycles.